The Hall–Kier alpha value is -3.65. The molecule has 7 nitrogen and oxygen atoms in total. The SMILES string of the molecule is CCOc1cc(C)c(-c2nc3ccccc3c(=O)n2N=Cc2cc3c(cc2Br)OCO3)cc1C(C)C. The highest BCUT2D eigenvalue weighted by atomic mass is 79.9. The molecule has 0 unspecified atom stereocenters. The number of fused-ring (bicyclic) bond motifs is 2. The summed E-state index contributed by atoms with van der Waals surface area (Å²) in [5.41, 5.74) is 3.94. The highest BCUT2D eigenvalue weighted by molar-refractivity contribution is 9.10. The number of para-hydroxylation sites is 1. The van der Waals surface area contributed by atoms with E-state index in [0.717, 1.165) is 32.5 Å². The number of halogens is 1. The normalized spacial score (nSPS) is 12.7. The smallest absolute Gasteiger partial charge is 0.282 e. The van der Waals surface area contributed by atoms with Crippen molar-refractivity contribution in [1.82, 2.24) is 9.66 Å². The van der Waals surface area contributed by atoms with Crippen LogP contribution in [0.15, 0.2) is 62.9 Å². The maximum Gasteiger partial charge on any atom is 0.282 e. The van der Waals surface area contributed by atoms with Gasteiger partial charge in [-0.25, -0.2) is 4.98 Å². The molecule has 0 saturated heterocycles. The Labute approximate surface area is 217 Å². The number of hydrogen-bond acceptors (Lipinski definition) is 6. The fraction of sp³-hybridized carbons (Fsp3) is 0.250. The highest BCUT2D eigenvalue weighted by Gasteiger charge is 2.19. The molecule has 1 aromatic heterocycles. The molecule has 184 valence electrons. The summed E-state index contributed by atoms with van der Waals surface area (Å²) in [6.07, 6.45) is 1.63. The van der Waals surface area contributed by atoms with E-state index in [4.69, 9.17) is 19.2 Å². The van der Waals surface area contributed by atoms with Crippen molar-refractivity contribution in [3.63, 3.8) is 0 Å². The summed E-state index contributed by atoms with van der Waals surface area (Å²) >= 11 is 3.56. The van der Waals surface area contributed by atoms with Gasteiger partial charge >= 0.3 is 0 Å². The largest absolute Gasteiger partial charge is 0.494 e. The molecule has 8 heteroatoms. The van der Waals surface area contributed by atoms with Crippen LogP contribution in [0, 0.1) is 6.92 Å². The van der Waals surface area contributed by atoms with Crippen LogP contribution in [-0.2, 0) is 0 Å². The second-order valence-electron chi connectivity index (χ2n) is 8.83. The van der Waals surface area contributed by atoms with Crippen molar-refractivity contribution in [2.45, 2.75) is 33.6 Å². The van der Waals surface area contributed by atoms with Gasteiger partial charge in [0.2, 0.25) is 6.79 Å². The Bertz CT molecular complexity index is 1560. The van der Waals surface area contributed by atoms with Crippen LogP contribution in [0.2, 0.25) is 0 Å². The quantitative estimate of drug-likeness (QED) is 0.266. The fourth-order valence-electron chi connectivity index (χ4n) is 4.23. The van der Waals surface area contributed by atoms with E-state index in [0.29, 0.717) is 34.8 Å². The number of rotatable bonds is 6. The van der Waals surface area contributed by atoms with Crippen molar-refractivity contribution in [2.75, 3.05) is 13.4 Å². The zero-order valence-corrected chi connectivity index (χ0v) is 22.1. The molecule has 1 aliphatic heterocycles. The molecule has 0 fully saturated rings. The lowest BCUT2D eigenvalue weighted by Crippen LogP contribution is -2.21. The minimum absolute atomic E-state index is 0.176. The summed E-state index contributed by atoms with van der Waals surface area (Å²) in [5.74, 6) is 2.83. The first-order chi connectivity index (χ1) is 17.4. The Kier molecular flexibility index (Phi) is 6.53. The second kappa shape index (κ2) is 9.78. The molecule has 0 atom stereocenters. The minimum atomic E-state index is -0.247. The molecule has 4 aromatic rings. The molecular formula is C28H26BrN3O4. The van der Waals surface area contributed by atoms with Crippen LogP contribution in [0.3, 0.4) is 0 Å². The summed E-state index contributed by atoms with van der Waals surface area (Å²) in [4.78, 5) is 18.5. The molecular weight excluding hydrogens is 522 g/mol. The number of aryl methyl sites for hydroxylation is 1. The number of aromatic nitrogens is 2. The molecule has 0 saturated carbocycles. The summed E-state index contributed by atoms with van der Waals surface area (Å²) in [5, 5.41) is 5.12. The second-order valence-corrected chi connectivity index (χ2v) is 9.69. The maximum atomic E-state index is 13.6. The molecule has 3 aromatic carbocycles. The molecule has 0 amide bonds. The fourth-order valence-corrected chi connectivity index (χ4v) is 4.65. The highest BCUT2D eigenvalue weighted by Crippen LogP contribution is 2.37. The van der Waals surface area contributed by atoms with Crippen LogP contribution in [0.1, 0.15) is 43.4 Å². The van der Waals surface area contributed by atoms with E-state index in [9.17, 15) is 4.79 Å². The standard InChI is InChI=1S/C28H26BrN3O4/c1-5-34-24-10-17(4)21(12-20(24)16(2)3)27-31-23-9-7-6-8-19(23)28(33)32(27)30-14-18-11-25-26(13-22(18)29)36-15-35-25/h6-14,16H,5,15H2,1-4H3. The van der Waals surface area contributed by atoms with E-state index in [-0.39, 0.29) is 18.3 Å². The van der Waals surface area contributed by atoms with Gasteiger partial charge in [0.25, 0.3) is 5.56 Å². The first kappa shape index (κ1) is 24.1. The monoisotopic (exact) mass is 547 g/mol. The number of benzene rings is 3. The maximum absolute atomic E-state index is 13.6. The molecule has 0 N–H and O–H groups in total. The Morgan fingerprint density at radius 2 is 1.92 bits per heavy atom. The van der Waals surface area contributed by atoms with Crippen LogP contribution >= 0.6 is 15.9 Å². The van der Waals surface area contributed by atoms with Gasteiger partial charge in [0.15, 0.2) is 17.3 Å². The number of hydrogen-bond donors (Lipinski definition) is 0. The van der Waals surface area contributed by atoms with Gasteiger partial charge in [-0.15, -0.1) is 0 Å². The molecule has 36 heavy (non-hydrogen) atoms. The third-order valence-electron chi connectivity index (χ3n) is 6.08. The lowest BCUT2D eigenvalue weighted by molar-refractivity contribution is 0.174. The summed E-state index contributed by atoms with van der Waals surface area (Å²) in [7, 11) is 0. The van der Waals surface area contributed by atoms with Gasteiger partial charge in [-0.05, 0) is 83.2 Å². The molecule has 2 heterocycles. The molecule has 0 aliphatic carbocycles. The van der Waals surface area contributed by atoms with E-state index in [1.54, 1.807) is 12.3 Å². The van der Waals surface area contributed by atoms with Gasteiger partial charge in [-0.3, -0.25) is 4.79 Å². The minimum Gasteiger partial charge on any atom is -0.494 e. The first-order valence-corrected chi connectivity index (χ1v) is 12.6. The van der Waals surface area contributed by atoms with Crippen molar-refractivity contribution < 1.29 is 14.2 Å². The summed E-state index contributed by atoms with van der Waals surface area (Å²) < 4.78 is 19.0. The lowest BCUT2D eigenvalue weighted by Gasteiger charge is -2.18. The van der Waals surface area contributed by atoms with Crippen molar-refractivity contribution in [3.8, 4) is 28.6 Å². The molecule has 5 rings (SSSR count). The molecule has 1 aliphatic rings. The average molecular weight is 548 g/mol. The molecule has 0 bridgehead atoms. The Morgan fingerprint density at radius 3 is 2.67 bits per heavy atom. The van der Waals surface area contributed by atoms with Crippen molar-refractivity contribution in [2.24, 2.45) is 5.10 Å². The van der Waals surface area contributed by atoms with Gasteiger partial charge in [-0.2, -0.15) is 9.78 Å². The van der Waals surface area contributed by atoms with E-state index in [2.05, 4.69) is 40.9 Å². The molecule has 0 spiro atoms. The number of nitrogens with zero attached hydrogens (tertiary/aromatic N) is 3. The van der Waals surface area contributed by atoms with Gasteiger partial charge in [0.1, 0.15) is 5.75 Å². The van der Waals surface area contributed by atoms with Crippen molar-refractivity contribution >= 4 is 33.0 Å². The van der Waals surface area contributed by atoms with Gasteiger partial charge in [-0.1, -0.05) is 26.0 Å². The van der Waals surface area contributed by atoms with E-state index < -0.39 is 0 Å². The Balaban J connectivity index is 1.72. The Morgan fingerprint density at radius 1 is 1.17 bits per heavy atom. The summed E-state index contributed by atoms with van der Waals surface area (Å²) in [6.45, 7) is 8.95. The van der Waals surface area contributed by atoms with Gasteiger partial charge in [0, 0.05) is 15.6 Å². The molecule has 0 radical (unpaired) electrons. The van der Waals surface area contributed by atoms with Crippen LogP contribution in [0.25, 0.3) is 22.3 Å². The van der Waals surface area contributed by atoms with E-state index in [1.807, 2.05) is 50.2 Å². The third-order valence-corrected chi connectivity index (χ3v) is 6.76. The predicted octanol–water partition coefficient (Wildman–Crippen LogP) is 6.27. The third kappa shape index (κ3) is 4.37. The van der Waals surface area contributed by atoms with Gasteiger partial charge < -0.3 is 14.2 Å². The topological polar surface area (TPSA) is 74.9 Å². The summed E-state index contributed by atoms with van der Waals surface area (Å²) in [6, 6.07) is 15.0. The van der Waals surface area contributed by atoms with E-state index in [1.165, 1.54) is 4.68 Å². The predicted molar refractivity (Wildman–Crippen MR) is 145 cm³/mol. The zero-order chi connectivity index (χ0) is 25.4. The van der Waals surface area contributed by atoms with Crippen molar-refractivity contribution in [1.29, 1.82) is 0 Å². The average Bonchev–Trinajstić information content (AvgIpc) is 3.30. The first-order valence-electron chi connectivity index (χ1n) is 11.8. The zero-order valence-electron chi connectivity index (χ0n) is 20.5. The van der Waals surface area contributed by atoms with E-state index >= 15 is 0 Å². The van der Waals surface area contributed by atoms with Gasteiger partial charge in [0.05, 0.1) is 23.7 Å². The van der Waals surface area contributed by atoms with Crippen LogP contribution in [-0.4, -0.2) is 29.3 Å². The number of ether oxygens (including phenoxy) is 3. The van der Waals surface area contributed by atoms with Crippen LogP contribution < -0.4 is 19.8 Å². The van der Waals surface area contributed by atoms with Crippen LogP contribution in [0.4, 0.5) is 0 Å². The lowest BCUT2D eigenvalue weighted by atomic mass is 9.96. The van der Waals surface area contributed by atoms with Crippen LogP contribution in [0.5, 0.6) is 17.2 Å². The van der Waals surface area contributed by atoms with Crippen molar-refractivity contribution in [3.05, 3.63) is 80.0 Å².